The summed E-state index contributed by atoms with van der Waals surface area (Å²) in [6, 6.07) is 14.1. The second kappa shape index (κ2) is 10.2. The zero-order valence-electron chi connectivity index (χ0n) is 14.2. The summed E-state index contributed by atoms with van der Waals surface area (Å²) >= 11 is 0. The lowest BCUT2D eigenvalue weighted by atomic mass is 10.2. The van der Waals surface area contributed by atoms with Gasteiger partial charge in [-0.1, -0.05) is 30.3 Å². The van der Waals surface area contributed by atoms with E-state index < -0.39 is 32.3 Å². The molecule has 0 aliphatic carbocycles. The Balaban J connectivity index is 0.000000309. The second-order valence-corrected chi connectivity index (χ2v) is 7.44. The van der Waals surface area contributed by atoms with Gasteiger partial charge in [0.15, 0.2) is 9.84 Å². The normalized spacial score (nSPS) is 10.0. The van der Waals surface area contributed by atoms with E-state index in [0.29, 0.717) is 4.90 Å². The molecule has 0 amide bonds. The van der Waals surface area contributed by atoms with Crippen molar-refractivity contribution in [2.45, 2.75) is 11.8 Å². The molecule has 2 aromatic carbocycles. The number of hydrogen-bond donors (Lipinski definition) is 0. The molecule has 2 rings (SSSR count). The number of carbonyl (C=O) groups is 2. The molecule has 0 spiro atoms. The maximum Gasteiger partial charge on any atom is 0.370 e. The minimum absolute atomic E-state index is 0.0307. The minimum atomic E-state index is -3.00. The zero-order chi connectivity index (χ0) is 20.4. The van der Waals surface area contributed by atoms with Crippen LogP contribution in [0.15, 0.2) is 64.0 Å². The summed E-state index contributed by atoms with van der Waals surface area (Å²) in [5.74, 6) is -1.68. The molecular formula is C16H15NO8S2. The van der Waals surface area contributed by atoms with E-state index in [9.17, 15) is 26.4 Å². The van der Waals surface area contributed by atoms with Gasteiger partial charge < -0.3 is 4.74 Å². The number of rotatable bonds is 4. The van der Waals surface area contributed by atoms with E-state index in [2.05, 4.69) is 9.36 Å². The Morgan fingerprint density at radius 2 is 1.52 bits per heavy atom. The third-order valence-corrected chi connectivity index (χ3v) is 4.04. The molecule has 2 aromatic rings. The quantitative estimate of drug-likeness (QED) is 0.421. The molecule has 0 aromatic heterocycles. The van der Waals surface area contributed by atoms with Gasteiger partial charge in [-0.15, -0.1) is 0 Å². The molecule has 0 N–H and O–H groups in total. The van der Waals surface area contributed by atoms with Gasteiger partial charge in [0.1, 0.15) is 11.3 Å². The number of para-hydroxylation sites is 1. The molecule has 0 bridgehead atoms. The number of benzene rings is 2. The summed E-state index contributed by atoms with van der Waals surface area (Å²) < 4.78 is 49.1. The Kier molecular flexibility index (Phi) is 8.30. The van der Waals surface area contributed by atoms with Gasteiger partial charge in [0.25, 0.3) is 0 Å². The predicted octanol–water partition coefficient (Wildman–Crippen LogP) is 1.84. The molecule has 0 fully saturated rings. The molecule has 0 saturated heterocycles. The number of hydrogen-bond acceptors (Lipinski definition) is 9. The van der Waals surface area contributed by atoms with Crippen molar-refractivity contribution in [2.24, 2.45) is 4.53 Å². The number of carbonyl (C=O) groups excluding carboxylic acids is 2. The molecular weight excluding hydrogens is 398 g/mol. The second-order valence-electron chi connectivity index (χ2n) is 4.85. The first kappa shape index (κ1) is 22.0. The summed E-state index contributed by atoms with van der Waals surface area (Å²) in [5.41, 5.74) is -0.100. The van der Waals surface area contributed by atoms with Crippen LogP contribution in [0.4, 0.5) is 0 Å². The molecule has 0 aliphatic rings. The Bertz CT molecular complexity index is 1040. The summed E-state index contributed by atoms with van der Waals surface area (Å²) in [6.45, 7) is 1.17. The lowest BCUT2D eigenvalue weighted by molar-refractivity contribution is -0.131. The molecule has 0 unspecified atom stereocenters. The molecule has 144 valence electrons. The van der Waals surface area contributed by atoms with Crippen molar-refractivity contribution < 1.29 is 36.0 Å². The van der Waals surface area contributed by atoms with Crippen molar-refractivity contribution in [3.05, 3.63) is 60.2 Å². The van der Waals surface area contributed by atoms with Crippen molar-refractivity contribution in [2.75, 3.05) is 6.26 Å². The molecule has 27 heavy (non-hydrogen) atoms. The summed E-state index contributed by atoms with van der Waals surface area (Å²) in [7, 11) is -5.86. The van der Waals surface area contributed by atoms with Crippen LogP contribution in [0.5, 0.6) is 5.75 Å². The van der Waals surface area contributed by atoms with E-state index >= 15 is 0 Å². The number of sulfone groups is 1. The van der Waals surface area contributed by atoms with Crippen LogP contribution in [0.3, 0.4) is 0 Å². The Morgan fingerprint density at radius 1 is 0.963 bits per heavy atom. The highest BCUT2D eigenvalue weighted by Crippen LogP contribution is 2.19. The van der Waals surface area contributed by atoms with Crippen molar-refractivity contribution in [1.29, 1.82) is 0 Å². The molecule has 0 aliphatic heterocycles. The van der Waals surface area contributed by atoms with E-state index in [0.717, 1.165) is 0 Å². The Labute approximate surface area is 157 Å². The van der Waals surface area contributed by atoms with Crippen LogP contribution < -0.4 is 4.74 Å². The van der Waals surface area contributed by atoms with Crippen LogP contribution in [0, 0.1) is 0 Å². The minimum Gasteiger partial charge on any atom is -0.426 e. The van der Waals surface area contributed by atoms with Gasteiger partial charge in [0, 0.05) is 13.2 Å². The van der Waals surface area contributed by atoms with Crippen molar-refractivity contribution in [1.82, 2.24) is 0 Å². The molecule has 0 radical (unpaired) electrons. The standard InChI is InChI=1S/C9H7NO6S.C7H8O2S/c1-6(11)15-8-5-3-2-4-7(8)9(12)16-10-17(13)14;1-10(8,9)7-5-3-2-4-6-7/h2-5H,1H3;2-6H,1H3. The fourth-order valence-electron chi connectivity index (χ4n) is 1.66. The van der Waals surface area contributed by atoms with E-state index in [4.69, 9.17) is 4.74 Å². The fourth-order valence-corrected chi connectivity index (χ4v) is 2.44. The van der Waals surface area contributed by atoms with E-state index in [1.807, 2.05) is 0 Å². The van der Waals surface area contributed by atoms with Gasteiger partial charge in [-0.2, -0.15) is 8.42 Å². The van der Waals surface area contributed by atoms with Gasteiger partial charge in [0.2, 0.25) is 0 Å². The van der Waals surface area contributed by atoms with Crippen LogP contribution >= 0.6 is 0 Å². The molecule has 11 heteroatoms. The third-order valence-electron chi connectivity index (χ3n) is 2.71. The van der Waals surface area contributed by atoms with Gasteiger partial charge in [0.05, 0.1) is 9.42 Å². The lowest BCUT2D eigenvalue weighted by Gasteiger charge is -2.04. The molecule has 0 atom stereocenters. The first-order valence-electron chi connectivity index (χ1n) is 7.15. The van der Waals surface area contributed by atoms with Crippen LogP contribution in [-0.4, -0.2) is 35.0 Å². The number of ether oxygens (including phenoxy) is 1. The monoisotopic (exact) mass is 413 g/mol. The summed E-state index contributed by atoms with van der Waals surface area (Å²) in [6.07, 6.45) is 1.20. The number of esters is 1. The SMILES string of the molecule is CC(=O)Oc1ccccc1C(=O)ON=S(=O)=O.CS(=O)(=O)c1ccccc1. The van der Waals surface area contributed by atoms with Crippen LogP contribution in [0.1, 0.15) is 17.3 Å². The lowest BCUT2D eigenvalue weighted by Crippen LogP contribution is -2.08. The van der Waals surface area contributed by atoms with Crippen LogP contribution in [0.25, 0.3) is 0 Å². The highest BCUT2D eigenvalue weighted by atomic mass is 32.2. The van der Waals surface area contributed by atoms with Crippen LogP contribution in [0.2, 0.25) is 0 Å². The largest absolute Gasteiger partial charge is 0.426 e. The van der Waals surface area contributed by atoms with E-state index in [-0.39, 0.29) is 11.3 Å². The molecule has 9 nitrogen and oxygen atoms in total. The van der Waals surface area contributed by atoms with Crippen LogP contribution in [-0.2, 0) is 30.0 Å². The van der Waals surface area contributed by atoms with Crippen molar-refractivity contribution >= 4 is 32.3 Å². The topological polar surface area (TPSA) is 133 Å². The zero-order valence-corrected chi connectivity index (χ0v) is 15.9. The highest BCUT2D eigenvalue weighted by molar-refractivity contribution is 7.90. The molecule has 0 saturated carbocycles. The predicted molar refractivity (Wildman–Crippen MR) is 94.1 cm³/mol. The summed E-state index contributed by atoms with van der Waals surface area (Å²) in [4.78, 5) is 26.6. The van der Waals surface area contributed by atoms with Gasteiger partial charge >= 0.3 is 22.4 Å². The first-order chi connectivity index (χ1) is 12.6. The Hall–Kier alpha value is -3.05. The maximum atomic E-state index is 11.4. The van der Waals surface area contributed by atoms with Crippen molar-refractivity contribution in [3.63, 3.8) is 0 Å². The van der Waals surface area contributed by atoms with Gasteiger partial charge in [-0.25, -0.2) is 13.2 Å². The van der Waals surface area contributed by atoms with E-state index in [1.165, 1.54) is 37.4 Å². The Morgan fingerprint density at radius 3 is 2.00 bits per heavy atom. The maximum absolute atomic E-state index is 11.4. The van der Waals surface area contributed by atoms with Gasteiger partial charge in [-0.05, 0) is 24.3 Å². The number of nitrogens with zero attached hydrogens (tertiary/aromatic N) is 1. The summed E-state index contributed by atoms with van der Waals surface area (Å²) in [5, 5.41) is 0. The first-order valence-corrected chi connectivity index (χ1v) is 10.1. The average molecular weight is 413 g/mol. The average Bonchev–Trinajstić information content (AvgIpc) is 2.60. The highest BCUT2D eigenvalue weighted by Gasteiger charge is 2.15. The molecule has 0 heterocycles. The fraction of sp³-hybridized carbons (Fsp3) is 0.125. The smallest absolute Gasteiger partial charge is 0.370 e. The van der Waals surface area contributed by atoms with Gasteiger partial charge in [-0.3, -0.25) is 9.63 Å². The van der Waals surface area contributed by atoms with E-state index in [1.54, 1.807) is 30.3 Å². The third kappa shape index (κ3) is 8.25. The van der Waals surface area contributed by atoms with Crippen molar-refractivity contribution in [3.8, 4) is 5.75 Å².